The number of aromatic nitrogens is 2. The summed E-state index contributed by atoms with van der Waals surface area (Å²) in [4.78, 5) is 25.3. The maximum atomic E-state index is 11.8. The van der Waals surface area contributed by atoms with Crippen LogP contribution in [0.25, 0.3) is 0 Å². The third-order valence-electron chi connectivity index (χ3n) is 3.38. The Labute approximate surface area is 110 Å². The smallest absolute Gasteiger partial charge is 0.295 e. The molecule has 0 spiro atoms. The molecule has 1 N–H and O–H groups in total. The van der Waals surface area contributed by atoms with Crippen LogP contribution in [0.5, 0.6) is 0 Å². The van der Waals surface area contributed by atoms with Crippen molar-refractivity contribution in [2.75, 3.05) is 6.26 Å². The lowest BCUT2D eigenvalue weighted by Crippen LogP contribution is -2.39. The summed E-state index contributed by atoms with van der Waals surface area (Å²) in [5, 5.41) is 0. The number of hydrogen-bond acceptors (Lipinski definition) is 5. The predicted octanol–water partition coefficient (Wildman–Crippen LogP) is -0.0852. The van der Waals surface area contributed by atoms with Crippen molar-refractivity contribution in [1.29, 1.82) is 0 Å². The summed E-state index contributed by atoms with van der Waals surface area (Å²) in [5.41, 5.74) is -1.49. The highest BCUT2D eigenvalue weighted by Gasteiger charge is 2.52. The highest BCUT2D eigenvalue weighted by Crippen LogP contribution is 2.48. The van der Waals surface area contributed by atoms with Crippen LogP contribution in [0.3, 0.4) is 0 Å². The van der Waals surface area contributed by atoms with Crippen LogP contribution in [0.4, 0.5) is 0 Å². The van der Waals surface area contributed by atoms with E-state index in [1.165, 1.54) is 10.8 Å². The van der Waals surface area contributed by atoms with Crippen molar-refractivity contribution in [2.45, 2.75) is 38.3 Å². The molecule has 0 aromatic carbocycles. The van der Waals surface area contributed by atoms with E-state index >= 15 is 0 Å². The zero-order valence-electron chi connectivity index (χ0n) is 11.0. The Kier molecular flexibility index (Phi) is 3.18. The highest BCUT2D eigenvalue weighted by molar-refractivity contribution is 7.86. The van der Waals surface area contributed by atoms with Crippen molar-refractivity contribution in [3.05, 3.63) is 32.6 Å². The molecule has 8 heteroatoms. The molecule has 0 unspecified atom stereocenters. The second-order valence-corrected chi connectivity index (χ2v) is 6.58. The van der Waals surface area contributed by atoms with Crippen molar-refractivity contribution in [3.8, 4) is 0 Å². The maximum Gasteiger partial charge on any atom is 0.328 e. The van der Waals surface area contributed by atoms with E-state index in [2.05, 4.69) is 4.98 Å². The van der Waals surface area contributed by atoms with Gasteiger partial charge in [0.05, 0.1) is 12.3 Å². The van der Waals surface area contributed by atoms with Crippen LogP contribution in [0.2, 0.25) is 0 Å². The van der Waals surface area contributed by atoms with Crippen LogP contribution in [-0.2, 0) is 14.3 Å². The van der Waals surface area contributed by atoms with Crippen LogP contribution in [0.15, 0.2) is 15.8 Å². The summed E-state index contributed by atoms with van der Waals surface area (Å²) in [6, 6.07) is -0.467. The summed E-state index contributed by atoms with van der Waals surface area (Å²) >= 11 is 0. The molecular weight excluding hydrogens is 272 g/mol. The Morgan fingerprint density at radius 3 is 2.47 bits per heavy atom. The van der Waals surface area contributed by atoms with Gasteiger partial charge in [0.1, 0.15) is 5.60 Å². The molecule has 7 nitrogen and oxygen atoms in total. The minimum atomic E-state index is -3.59. The summed E-state index contributed by atoms with van der Waals surface area (Å²) in [5.74, 6) is 0. The number of nitrogens with zero attached hydrogens (tertiary/aromatic N) is 1. The Morgan fingerprint density at radius 2 is 2.00 bits per heavy atom. The first kappa shape index (κ1) is 14.0. The lowest BCUT2D eigenvalue weighted by molar-refractivity contribution is 0.128. The first-order valence-corrected chi connectivity index (χ1v) is 7.69. The van der Waals surface area contributed by atoms with Gasteiger partial charge in [-0.2, -0.15) is 8.42 Å². The van der Waals surface area contributed by atoms with Crippen LogP contribution in [-0.4, -0.2) is 29.8 Å². The molecule has 0 bridgehead atoms. The Balaban J connectivity index is 2.41. The lowest BCUT2D eigenvalue weighted by atomic mass is 10.1. The molecule has 1 aliphatic rings. The predicted molar refractivity (Wildman–Crippen MR) is 68.7 cm³/mol. The molecule has 1 heterocycles. The summed E-state index contributed by atoms with van der Waals surface area (Å²) in [6.07, 6.45) is 3.54. The summed E-state index contributed by atoms with van der Waals surface area (Å²) in [6.45, 7) is 3.29. The number of rotatable bonds is 4. The van der Waals surface area contributed by atoms with Gasteiger partial charge in [-0.05, 0) is 26.7 Å². The quantitative estimate of drug-likeness (QED) is 0.781. The number of hydrogen-bond donors (Lipinski definition) is 1. The Hall–Kier alpha value is -1.41. The van der Waals surface area contributed by atoms with Gasteiger partial charge in [0.15, 0.2) is 0 Å². The largest absolute Gasteiger partial charge is 0.328 e. The van der Waals surface area contributed by atoms with E-state index in [4.69, 9.17) is 4.18 Å². The number of nitrogens with one attached hydrogen (secondary N) is 1. The topological polar surface area (TPSA) is 98.2 Å². The Bertz CT molecular complexity index is 711. The van der Waals surface area contributed by atoms with Gasteiger partial charge in [0, 0.05) is 11.8 Å². The molecule has 1 atom stereocenters. The second-order valence-electron chi connectivity index (χ2n) is 5.01. The van der Waals surface area contributed by atoms with Gasteiger partial charge in [0.25, 0.3) is 15.7 Å². The molecule has 1 fully saturated rings. The molecule has 2 rings (SSSR count). The summed E-state index contributed by atoms with van der Waals surface area (Å²) in [7, 11) is -3.59. The normalized spacial score (nSPS) is 19.1. The molecule has 1 aromatic heterocycles. The second kappa shape index (κ2) is 4.31. The van der Waals surface area contributed by atoms with Crippen molar-refractivity contribution >= 4 is 10.1 Å². The number of aromatic amines is 1. The maximum absolute atomic E-state index is 11.8. The molecule has 0 aliphatic heterocycles. The van der Waals surface area contributed by atoms with Crippen LogP contribution >= 0.6 is 0 Å². The van der Waals surface area contributed by atoms with Gasteiger partial charge in [-0.3, -0.25) is 18.5 Å². The van der Waals surface area contributed by atoms with Gasteiger partial charge >= 0.3 is 5.69 Å². The number of aryl methyl sites for hydroxylation is 1. The molecule has 0 radical (unpaired) electrons. The van der Waals surface area contributed by atoms with Crippen molar-refractivity contribution in [2.24, 2.45) is 0 Å². The van der Waals surface area contributed by atoms with Gasteiger partial charge < -0.3 is 0 Å². The lowest BCUT2D eigenvalue weighted by Gasteiger charge is -2.24. The third-order valence-corrected chi connectivity index (χ3v) is 4.02. The van der Waals surface area contributed by atoms with Gasteiger partial charge in [-0.1, -0.05) is 0 Å². The SMILES string of the molecule is Cc1cn([C@H](C)C2(OS(C)(=O)=O)CC2)c(=O)[nH]c1=O. The average Bonchev–Trinajstić information content (AvgIpc) is 3.01. The van der Waals surface area contributed by atoms with Crippen molar-refractivity contribution in [1.82, 2.24) is 9.55 Å². The van der Waals surface area contributed by atoms with Crippen molar-refractivity contribution < 1.29 is 12.6 Å². The molecule has 19 heavy (non-hydrogen) atoms. The van der Waals surface area contributed by atoms with Crippen LogP contribution in [0, 0.1) is 6.92 Å². The molecule has 0 amide bonds. The zero-order chi connectivity index (χ0) is 14.4. The van der Waals surface area contributed by atoms with E-state index in [9.17, 15) is 18.0 Å². The standard InChI is InChI=1S/C11H16N2O5S/c1-7-6-13(10(15)12-9(7)14)8(2)11(4-5-11)18-19(3,16)17/h6,8H,4-5H2,1-3H3,(H,12,14,15)/t8-/m1/s1. The van der Waals surface area contributed by atoms with Gasteiger partial charge in [0.2, 0.25) is 0 Å². The third kappa shape index (κ3) is 2.79. The molecule has 1 saturated carbocycles. The molecule has 1 aromatic rings. The molecule has 1 aliphatic carbocycles. The van der Waals surface area contributed by atoms with Crippen molar-refractivity contribution in [3.63, 3.8) is 0 Å². The first-order chi connectivity index (χ1) is 8.65. The fraction of sp³-hybridized carbons (Fsp3) is 0.636. The molecular formula is C11H16N2O5S. The van der Waals surface area contributed by atoms with E-state index in [0.29, 0.717) is 18.4 Å². The van der Waals surface area contributed by atoms with E-state index in [1.807, 2.05) is 0 Å². The zero-order valence-corrected chi connectivity index (χ0v) is 11.8. The summed E-state index contributed by atoms with van der Waals surface area (Å²) < 4.78 is 28.9. The highest BCUT2D eigenvalue weighted by atomic mass is 32.2. The minimum Gasteiger partial charge on any atom is -0.295 e. The van der Waals surface area contributed by atoms with E-state index < -0.39 is 33.0 Å². The Morgan fingerprint density at radius 1 is 1.42 bits per heavy atom. The van der Waals surface area contributed by atoms with E-state index in [0.717, 1.165) is 6.26 Å². The molecule has 106 valence electrons. The van der Waals surface area contributed by atoms with Crippen LogP contribution in [0.1, 0.15) is 31.4 Å². The molecule has 0 saturated heterocycles. The fourth-order valence-corrected chi connectivity index (χ4v) is 3.03. The van der Waals surface area contributed by atoms with Crippen LogP contribution < -0.4 is 11.2 Å². The number of H-pyrrole nitrogens is 1. The van der Waals surface area contributed by atoms with Gasteiger partial charge in [-0.25, -0.2) is 4.79 Å². The monoisotopic (exact) mass is 288 g/mol. The van der Waals surface area contributed by atoms with E-state index in [-0.39, 0.29) is 0 Å². The average molecular weight is 288 g/mol. The van der Waals surface area contributed by atoms with Gasteiger partial charge in [-0.15, -0.1) is 0 Å². The van der Waals surface area contributed by atoms with E-state index in [1.54, 1.807) is 13.8 Å². The first-order valence-electron chi connectivity index (χ1n) is 5.87. The minimum absolute atomic E-state index is 0.390. The fourth-order valence-electron chi connectivity index (χ4n) is 2.12.